The van der Waals surface area contributed by atoms with Crippen molar-refractivity contribution in [3.05, 3.63) is 66.5 Å². The lowest BCUT2D eigenvalue weighted by Gasteiger charge is -2.12. The molecular weight excluding hydrogens is 372 g/mol. The first kappa shape index (κ1) is 19.8. The van der Waals surface area contributed by atoms with Crippen LogP contribution in [0, 0.1) is 0 Å². The van der Waals surface area contributed by atoms with E-state index in [1.165, 1.54) is 0 Å². The lowest BCUT2D eigenvalue weighted by Crippen LogP contribution is -2.02. The topological polar surface area (TPSA) is 69.9 Å². The summed E-state index contributed by atoms with van der Waals surface area (Å²) in [6.07, 6.45) is 5.29. The molecule has 144 valence electrons. The van der Waals surface area contributed by atoms with Gasteiger partial charge in [0.2, 0.25) is 0 Å². The molecule has 0 spiro atoms. The van der Waals surface area contributed by atoms with Gasteiger partial charge in [-0.3, -0.25) is 14.3 Å². The number of hydrogen-bond acceptors (Lipinski definition) is 6. The van der Waals surface area contributed by atoms with Crippen molar-refractivity contribution < 1.29 is 9.53 Å². The summed E-state index contributed by atoms with van der Waals surface area (Å²) < 4.78 is 7.74. The van der Waals surface area contributed by atoms with Crippen LogP contribution in [0.1, 0.15) is 29.8 Å². The number of ketones is 1. The van der Waals surface area contributed by atoms with Gasteiger partial charge >= 0.3 is 0 Å². The van der Waals surface area contributed by atoms with E-state index in [2.05, 4.69) is 21.8 Å². The molecule has 0 aliphatic rings. The summed E-state index contributed by atoms with van der Waals surface area (Å²) in [5.41, 5.74) is 2.58. The molecule has 0 unspecified atom stereocenters. The highest BCUT2D eigenvalue weighted by Gasteiger charge is 2.15. The minimum Gasteiger partial charge on any atom is -0.494 e. The van der Waals surface area contributed by atoms with Crippen molar-refractivity contribution in [2.24, 2.45) is 0 Å². The molecule has 0 saturated carbocycles. The van der Waals surface area contributed by atoms with Crippen molar-refractivity contribution in [3.63, 3.8) is 0 Å². The molecule has 0 radical (unpaired) electrons. The fourth-order valence-corrected chi connectivity index (χ4v) is 3.68. The number of carbonyl (C=O) groups excluding carboxylic acids is 1. The highest BCUT2D eigenvalue weighted by Crippen LogP contribution is 2.30. The first-order valence-corrected chi connectivity index (χ1v) is 9.96. The normalized spacial score (nSPS) is 10.6. The maximum atomic E-state index is 11.8. The van der Waals surface area contributed by atoms with Crippen molar-refractivity contribution in [3.8, 4) is 17.1 Å². The molecule has 28 heavy (non-hydrogen) atoms. The van der Waals surface area contributed by atoms with Gasteiger partial charge in [0.05, 0.1) is 6.61 Å². The number of thioether (sulfide) groups is 1. The van der Waals surface area contributed by atoms with E-state index in [1.807, 2.05) is 41.8 Å². The van der Waals surface area contributed by atoms with Crippen molar-refractivity contribution in [2.75, 3.05) is 6.61 Å². The van der Waals surface area contributed by atoms with Crippen molar-refractivity contribution >= 4 is 17.5 Å². The van der Waals surface area contributed by atoms with E-state index in [1.54, 1.807) is 37.1 Å². The highest BCUT2D eigenvalue weighted by atomic mass is 32.2. The maximum Gasteiger partial charge on any atom is 0.192 e. The molecule has 0 aliphatic heterocycles. The third-order valence-electron chi connectivity index (χ3n) is 4.09. The number of carbonyl (C=O) groups is 1. The summed E-state index contributed by atoms with van der Waals surface area (Å²) >= 11 is 1.55. The Balaban J connectivity index is 1.88. The summed E-state index contributed by atoms with van der Waals surface area (Å²) in [6, 6.07) is 9.34. The minimum absolute atomic E-state index is 0.0316. The Morgan fingerprint density at radius 3 is 2.71 bits per heavy atom. The smallest absolute Gasteiger partial charge is 0.192 e. The molecule has 1 aromatic carbocycles. The SMILES string of the molecule is C=CCn1c(SCc2cc(C(C)=O)ccc2OCC)nnc1-c1ccncc1. The molecule has 0 bridgehead atoms. The van der Waals surface area contributed by atoms with Crippen LogP contribution >= 0.6 is 11.8 Å². The predicted octanol–water partition coefficient (Wildman–Crippen LogP) is 4.42. The third-order valence-corrected chi connectivity index (χ3v) is 5.11. The monoisotopic (exact) mass is 394 g/mol. The Hall–Kier alpha value is -2.93. The van der Waals surface area contributed by atoms with E-state index in [0.717, 1.165) is 27.9 Å². The summed E-state index contributed by atoms with van der Waals surface area (Å²) in [5, 5.41) is 9.49. The van der Waals surface area contributed by atoms with Crippen LogP contribution < -0.4 is 4.74 Å². The summed E-state index contributed by atoms with van der Waals surface area (Å²) in [7, 11) is 0. The predicted molar refractivity (Wildman–Crippen MR) is 111 cm³/mol. The molecule has 6 nitrogen and oxygen atoms in total. The standard InChI is InChI=1S/C21H22N4O2S/c1-4-12-25-20(16-8-10-22-11-9-16)23-24-21(25)28-14-18-13-17(15(3)26)6-7-19(18)27-5-2/h4,6-11,13H,1,5,12,14H2,2-3H3. The Bertz CT molecular complexity index is 970. The van der Waals surface area contributed by atoms with Gasteiger partial charge in [0.25, 0.3) is 0 Å². The lowest BCUT2D eigenvalue weighted by molar-refractivity contribution is 0.101. The molecular formula is C21H22N4O2S. The molecule has 2 heterocycles. The van der Waals surface area contributed by atoms with Gasteiger partial charge in [0, 0.05) is 41.4 Å². The number of Topliss-reactive ketones (excluding diaryl/α,β-unsaturated/α-hetero) is 1. The Morgan fingerprint density at radius 2 is 2.04 bits per heavy atom. The number of nitrogens with zero attached hydrogens (tertiary/aromatic N) is 4. The highest BCUT2D eigenvalue weighted by molar-refractivity contribution is 7.98. The molecule has 0 fully saturated rings. The van der Waals surface area contributed by atoms with Crippen LogP contribution in [-0.2, 0) is 12.3 Å². The Kier molecular flexibility index (Phi) is 6.60. The molecule has 0 atom stereocenters. The fourth-order valence-electron chi connectivity index (χ4n) is 2.75. The number of ether oxygens (including phenoxy) is 1. The molecule has 7 heteroatoms. The second-order valence-corrected chi connectivity index (χ2v) is 6.98. The van der Waals surface area contributed by atoms with E-state index in [9.17, 15) is 4.79 Å². The van der Waals surface area contributed by atoms with Gasteiger partial charge in [0.1, 0.15) is 5.75 Å². The minimum atomic E-state index is 0.0316. The van der Waals surface area contributed by atoms with Crippen LogP contribution in [0.2, 0.25) is 0 Å². The van der Waals surface area contributed by atoms with Crippen molar-refractivity contribution in [2.45, 2.75) is 31.3 Å². The first-order valence-electron chi connectivity index (χ1n) is 8.98. The zero-order chi connectivity index (χ0) is 19.9. The zero-order valence-electron chi connectivity index (χ0n) is 16.0. The zero-order valence-corrected chi connectivity index (χ0v) is 16.8. The second-order valence-electron chi connectivity index (χ2n) is 6.04. The third kappa shape index (κ3) is 4.48. The van der Waals surface area contributed by atoms with Gasteiger partial charge < -0.3 is 4.74 Å². The van der Waals surface area contributed by atoms with Gasteiger partial charge in [-0.1, -0.05) is 17.8 Å². The van der Waals surface area contributed by atoms with Crippen molar-refractivity contribution in [1.82, 2.24) is 19.7 Å². The average Bonchev–Trinajstić information content (AvgIpc) is 3.11. The van der Waals surface area contributed by atoms with Crippen LogP contribution in [0.4, 0.5) is 0 Å². The lowest BCUT2D eigenvalue weighted by atomic mass is 10.1. The van der Waals surface area contributed by atoms with Gasteiger partial charge in [-0.05, 0) is 44.2 Å². The van der Waals surface area contributed by atoms with E-state index >= 15 is 0 Å². The van der Waals surface area contributed by atoms with Gasteiger partial charge in [-0.25, -0.2) is 0 Å². The average molecular weight is 395 g/mol. The van der Waals surface area contributed by atoms with Crippen LogP contribution in [0.15, 0.2) is 60.5 Å². The van der Waals surface area contributed by atoms with E-state index in [0.29, 0.717) is 24.5 Å². The maximum absolute atomic E-state index is 11.8. The molecule has 0 aliphatic carbocycles. The van der Waals surface area contributed by atoms with Crippen molar-refractivity contribution in [1.29, 1.82) is 0 Å². The van der Waals surface area contributed by atoms with Crippen LogP contribution in [-0.4, -0.2) is 32.1 Å². The molecule has 0 saturated heterocycles. The van der Waals surface area contributed by atoms with Gasteiger partial charge in [-0.2, -0.15) is 0 Å². The Morgan fingerprint density at radius 1 is 1.25 bits per heavy atom. The Labute approximate surface area is 168 Å². The van der Waals surface area contributed by atoms with Gasteiger partial charge in [-0.15, -0.1) is 16.8 Å². The number of aromatic nitrogens is 4. The number of allylic oxidation sites excluding steroid dienone is 1. The number of pyridine rings is 1. The molecule has 2 aromatic heterocycles. The van der Waals surface area contributed by atoms with E-state index in [-0.39, 0.29) is 5.78 Å². The molecule has 0 amide bonds. The van der Waals surface area contributed by atoms with Crippen LogP contribution in [0.25, 0.3) is 11.4 Å². The summed E-state index contributed by atoms with van der Waals surface area (Å²) in [6.45, 7) is 8.51. The summed E-state index contributed by atoms with van der Waals surface area (Å²) in [4.78, 5) is 15.8. The first-order chi connectivity index (χ1) is 13.6. The number of benzene rings is 1. The summed E-state index contributed by atoms with van der Waals surface area (Å²) in [5.74, 6) is 2.20. The molecule has 0 N–H and O–H groups in total. The fraction of sp³-hybridized carbons (Fsp3) is 0.238. The second kappa shape index (κ2) is 9.32. The van der Waals surface area contributed by atoms with Gasteiger partial charge in [0.15, 0.2) is 16.8 Å². The van der Waals surface area contributed by atoms with E-state index < -0.39 is 0 Å². The largest absolute Gasteiger partial charge is 0.494 e. The quantitative estimate of drug-likeness (QED) is 0.304. The van der Waals surface area contributed by atoms with Crippen LogP contribution in [0.3, 0.4) is 0 Å². The number of rotatable bonds is 9. The van der Waals surface area contributed by atoms with Crippen LogP contribution in [0.5, 0.6) is 5.75 Å². The molecule has 3 rings (SSSR count). The number of hydrogen-bond donors (Lipinski definition) is 0. The van der Waals surface area contributed by atoms with E-state index in [4.69, 9.17) is 4.74 Å². The molecule has 3 aromatic rings.